The van der Waals surface area contributed by atoms with Crippen LogP contribution in [-0.4, -0.2) is 11.5 Å². The van der Waals surface area contributed by atoms with Crippen LogP contribution in [0.1, 0.15) is 80.4 Å². The molecule has 0 amide bonds. The van der Waals surface area contributed by atoms with E-state index in [0.717, 1.165) is 18.9 Å². The van der Waals surface area contributed by atoms with Crippen molar-refractivity contribution in [3.63, 3.8) is 0 Å². The minimum absolute atomic E-state index is 0.390. The maximum atomic E-state index is 5.04. The summed E-state index contributed by atoms with van der Waals surface area (Å²) in [7, 11) is 0. The molecule has 2 aliphatic carbocycles. The molecule has 0 radical (unpaired) electrons. The summed E-state index contributed by atoms with van der Waals surface area (Å²) in [6, 6.07) is 0.538. The molecule has 19 heavy (non-hydrogen) atoms. The van der Waals surface area contributed by atoms with E-state index in [4.69, 9.17) is 4.98 Å². The molecule has 1 saturated carbocycles. The molecule has 1 fully saturated rings. The van der Waals surface area contributed by atoms with Gasteiger partial charge in [0, 0.05) is 16.8 Å². The van der Waals surface area contributed by atoms with Gasteiger partial charge in [-0.1, -0.05) is 33.6 Å². The highest BCUT2D eigenvalue weighted by atomic mass is 32.1. The van der Waals surface area contributed by atoms with Crippen LogP contribution in [-0.2, 0) is 6.42 Å². The van der Waals surface area contributed by atoms with E-state index in [1.807, 2.05) is 11.3 Å². The van der Waals surface area contributed by atoms with Crippen LogP contribution >= 0.6 is 11.3 Å². The van der Waals surface area contributed by atoms with Crippen molar-refractivity contribution in [3.05, 3.63) is 15.6 Å². The predicted molar refractivity (Wildman–Crippen MR) is 81.8 cm³/mol. The predicted octanol–water partition coefficient (Wildman–Crippen LogP) is 4.42. The van der Waals surface area contributed by atoms with Gasteiger partial charge in [-0.2, -0.15) is 0 Å². The Hall–Kier alpha value is -0.410. The second kappa shape index (κ2) is 5.17. The summed E-state index contributed by atoms with van der Waals surface area (Å²) in [5.74, 6) is 0.765. The molecule has 106 valence electrons. The van der Waals surface area contributed by atoms with Crippen molar-refractivity contribution in [1.82, 2.24) is 10.3 Å². The molecule has 0 aliphatic heterocycles. The van der Waals surface area contributed by atoms with Crippen molar-refractivity contribution in [2.24, 2.45) is 5.41 Å². The zero-order valence-electron chi connectivity index (χ0n) is 12.5. The van der Waals surface area contributed by atoms with Crippen LogP contribution in [0.15, 0.2) is 0 Å². The van der Waals surface area contributed by atoms with Gasteiger partial charge in [0.2, 0.25) is 0 Å². The first-order valence-corrected chi connectivity index (χ1v) is 8.63. The van der Waals surface area contributed by atoms with Gasteiger partial charge < -0.3 is 5.32 Å². The molecule has 0 bridgehead atoms. The van der Waals surface area contributed by atoms with Crippen molar-refractivity contribution in [1.29, 1.82) is 0 Å². The zero-order valence-corrected chi connectivity index (χ0v) is 13.3. The van der Waals surface area contributed by atoms with E-state index in [0.29, 0.717) is 11.5 Å². The normalized spacial score (nSPS) is 26.6. The second-order valence-electron chi connectivity index (χ2n) is 7.00. The SMILES string of the molecule is CCNC1CC(C)(C)Cc2nc(C3CCCC3)sc21. The van der Waals surface area contributed by atoms with Gasteiger partial charge in [-0.3, -0.25) is 0 Å². The second-order valence-corrected chi connectivity index (χ2v) is 8.06. The Balaban J connectivity index is 1.90. The third kappa shape index (κ3) is 2.73. The molecule has 1 N–H and O–H groups in total. The molecule has 0 saturated heterocycles. The molecule has 1 unspecified atom stereocenters. The van der Waals surface area contributed by atoms with Crippen LogP contribution in [0.2, 0.25) is 0 Å². The van der Waals surface area contributed by atoms with Gasteiger partial charge in [0.05, 0.1) is 10.7 Å². The fourth-order valence-corrected chi connectivity index (χ4v) is 5.04. The van der Waals surface area contributed by atoms with Crippen LogP contribution < -0.4 is 5.32 Å². The van der Waals surface area contributed by atoms with E-state index in [1.54, 1.807) is 4.88 Å². The van der Waals surface area contributed by atoms with Crippen molar-refractivity contribution < 1.29 is 0 Å². The molecule has 1 aromatic heterocycles. The molecule has 3 heteroatoms. The minimum Gasteiger partial charge on any atom is -0.309 e. The van der Waals surface area contributed by atoms with Crippen molar-refractivity contribution in [3.8, 4) is 0 Å². The Kier molecular flexibility index (Phi) is 3.69. The van der Waals surface area contributed by atoms with Gasteiger partial charge in [-0.25, -0.2) is 4.98 Å². The molecule has 1 aromatic rings. The van der Waals surface area contributed by atoms with Crippen molar-refractivity contribution in [2.75, 3.05) is 6.54 Å². The summed E-state index contributed by atoms with van der Waals surface area (Å²) >= 11 is 2.01. The number of thiazole rings is 1. The van der Waals surface area contributed by atoms with E-state index in [-0.39, 0.29) is 0 Å². The first-order chi connectivity index (χ1) is 9.09. The Bertz CT molecular complexity index is 444. The fourth-order valence-electron chi connectivity index (χ4n) is 3.71. The van der Waals surface area contributed by atoms with E-state index in [9.17, 15) is 0 Å². The highest BCUT2D eigenvalue weighted by Gasteiger charge is 2.35. The van der Waals surface area contributed by atoms with E-state index in [2.05, 4.69) is 26.1 Å². The lowest BCUT2D eigenvalue weighted by atomic mass is 9.76. The lowest BCUT2D eigenvalue weighted by molar-refractivity contribution is 0.260. The summed E-state index contributed by atoms with van der Waals surface area (Å²) in [5, 5.41) is 5.10. The van der Waals surface area contributed by atoms with E-state index < -0.39 is 0 Å². The standard InChI is InChI=1S/C16H26N2S/c1-4-17-12-9-16(2,3)10-13-14(12)19-15(18-13)11-7-5-6-8-11/h11-12,17H,4-10H2,1-3H3. The molecule has 0 spiro atoms. The Morgan fingerprint density at radius 1 is 1.32 bits per heavy atom. The average Bonchev–Trinajstić information content (AvgIpc) is 2.94. The minimum atomic E-state index is 0.390. The van der Waals surface area contributed by atoms with Gasteiger partial charge in [0.1, 0.15) is 0 Å². The molecule has 0 aromatic carbocycles. The average molecular weight is 278 g/mol. The first kappa shape index (κ1) is 13.6. The van der Waals surface area contributed by atoms with Gasteiger partial charge in [0.25, 0.3) is 0 Å². The highest BCUT2D eigenvalue weighted by molar-refractivity contribution is 7.12. The number of hydrogen-bond acceptors (Lipinski definition) is 3. The number of aromatic nitrogens is 1. The van der Waals surface area contributed by atoms with Crippen LogP contribution in [0, 0.1) is 5.41 Å². The monoisotopic (exact) mass is 278 g/mol. The third-order valence-corrected chi connectivity index (χ3v) is 5.99. The molecule has 2 aliphatic rings. The molecule has 1 atom stereocenters. The van der Waals surface area contributed by atoms with Gasteiger partial charge >= 0.3 is 0 Å². The highest BCUT2D eigenvalue weighted by Crippen LogP contribution is 2.46. The van der Waals surface area contributed by atoms with E-state index in [1.165, 1.54) is 42.8 Å². The van der Waals surface area contributed by atoms with Gasteiger partial charge in [0.15, 0.2) is 0 Å². The Morgan fingerprint density at radius 2 is 2.05 bits per heavy atom. The number of hydrogen-bond donors (Lipinski definition) is 1. The van der Waals surface area contributed by atoms with E-state index >= 15 is 0 Å². The smallest absolute Gasteiger partial charge is 0.0962 e. The molecular weight excluding hydrogens is 252 g/mol. The third-order valence-electron chi connectivity index (χ3n) is 4.62. The fraction of sp³-hybridized carbons (Fsp3) is 0.812. The van der Waals surface area contributed by atoms with Gasteiger partial charge in [-0.15, -0.1) is 11.3 Å². The summed E-state index contributed by atoms with van der Waals surface area (Å²) in [6.45, 7) is 8.03. The van der Waals surface area contributed by atoms with Crippen molar-refractivity contribution >= 4 is 11.3 Å². The Morgan fingerprint density at radius 3 is 2.74 bits per heavy atom. The largest absolute Gasteiger partial charge is 0.309 e. The maximum absolute atomic E-state index is 5.04. The number of fused-ring (bicyclic) bond motifs is 1. The Labute approximate surface area is 121 Å². The topological polar surface area (TPSA) is 24.9 Å². The lowest BCUT2D eigenvalue weighted by Crippen LogP contribution is -2.32. The summed E-state index contributed by atoms with van der Waals surface area (Å²) in [6.07, 6.45) is 7.94. The summed E-state index contributed by atoms with van der Waals surface area (Å²) in [5.41, 5.74) is 1.79. The van der Waals surface area contributed by atoms with Crippen LogP contribution in [0.4, 0.5) is 0 Å². The molecule has 3 rings (SSSR count). The molecular formula is C16H26N2S. The summed E-state index contributed by atoms with van der Waals surface area (Å²) in [4.78, 5) is 6.58. The maximum Gasteiger partial charge on any atom is 0.0962 e. The number of nitrogens with one attached hydrogen (secondary N) is 1. The number of nitrogens with zero attached hydrogens (tertiary/aromatic N) is 1. The zero-order chi connectivity index (χ0) is 13.5. The quantitative estimate of drug-likeness (QED) is 0.885. The van der Waals surface area contributed by atoms with Gasteiger partial charge in [-0.05, 0) is 37.6 Å². The van der Waals surface area contributed by atoms with Crippen LogP contribution in [0.25, 0.3) is 0 Å². The first-order valence-electron chi connectivity index (χ1n) is 7.82. The van der Waals surface area contributed by atoms with Crippen molar-refractivity contribution in [2.45, 2.75) is 71.3 Å². The van der Waals surface area contributed by atoms with Crippen LogP contribution in [0.5, 0.6) is 0 Å². The molecule has 2 nitrogen and oxygen atoms in total. The number of rotatable bonds is 3. The van der Waals surface area contributed by atoms with Crippen LogP contribution in [0.3, 0.4) is 0 Å². The lowest BCUT2D eigenvalue weighted by Gasteiger charge is -2.34. The molecule has 1 heterocycles. The summed E-state index contributed by atoms with van der Waals surface area (Å²) < 4.78 is 0.